The van der Waals surface area contributed by atoms with Crippen LogP contribution >= 0.6 is 22.6 Å². The minimum Gasteiger partial charge on any atom is -0.497 e. The van der Waals surface area contributed by atoms with Crippen molar-refractivity contribution in [2.75, 3.05) is 7.11 Å². The zero-order valence-electron chi connectivity index (χ0n) is 11.7. The van der Waals surface area contributed by atoms with Crippen LogP contribution in [0.2, 0.25) is 0 Å². The smallest absolute Gasteiger partial charge is 0.303 e. The Morgan fingerprint density at radius 1 is 1.40 bits per heavy atom. The van der Waals surface area contributed by atoms with Crippen molar-refractivity contribution in [1.82, 2.24) is 5.32 Å². The second-order valence-corrected chi connectivity index (χ2v) is 6.24. The topological polar surface area (TPSA) is 75.6 Å². The molecule has 2 N–H and O–H groups in total. The number of halogens is 1. The van der Waals surface area contributed by atoms with Gasteiger partial charge in [0.2, 0.25) is 0 Å². The summed E-state index contributed by atoms with van der Waals surface area (Å²) in [6.07, 6.45) is 0.397. The maximum Gasteiger partial charge on any atom is 0.303 e. The van der Waals surface area contributed by atoms with Crippen LogP contribution in [0.1, 0.15) is 37.0 Å². The van der Waals surface area contributed by atoms with E-state index in [-0.39, 0.29) is 12.3 Å². The van der Waals surface area contributed by atoms with Gasteiger partial charge in [-0.3, -0.25) is 9.59 Å². The average Bonchev–Trinajstić information content (AvgIpc) is 2.35. The van der Waals surface area contributed by atoms with Crippen molar-refractivity contribution < 1.29 is 19.4 Å². The summed E-state index contributed by atoms with van der Waals surface area (Å²) in [4.78, 5) is 22.8. The number of carbonyl (C=O) groups excluding carboxylic acids is 1. The Bertz CT molecular complexity index is 514. The SMILES string of the molecule is COc1ccc(C(=O)NC(C)(C)CCC(=O)O)c(I)c1. The molecule has 0 aliphatic carbocycles. The van der Waals surface area contributed by atoms with Gasteiger partial charge in [0.1, 0.15) is 5.75 Å². The number of nitrogens with one attached hydrogen (secondary N) is 1. The van der Waals surface area contributed by atoms with E-state index in [1.807, 2.05) is 13.8 Å². The molecule has 0 saturated carbocycles. The number of carboxylic acids is 1. The monoisotopic (exact) mass is 391 g/mol. The van der Waals surface area contributed by atoms with Crippen molar-refractivity contribution in [2.45, 2.75) is 32.2 Å². The molecule has 1 amide bonds. The number of hydrogen-bond donors (Lipinski definition) is 2. The van der Waals surface area contributed by atoms with Crippen LogP contribution in [0, 0.1) is 3.57 Å². The van der Waals surface area contributed by atoms with Crippen molar-refractivity contribution in [3.05, 3.63) is 27.3 Å². The van der Waals surface area contributed by atoms with Crippen molar-refractivity contribution >= 4 is 34.5 Å². The molecule has 6 heteroatoms. The molecule has 0 aliphatic rings. The average molecular weight is 391 g/mol. The van der Waals surface area contributed by atoms with E-state index in [4.69, 9.17) is 9.84 Å². The first-order chi connectivity index (χ1) is 9.25. The fourth-order valence-corrected chi connectivity index (χ4v) is 2.40. The first kappa shape index (κ1) is 16.7. The fraction of sp³-hybridized carbons (Fsp3) is 0.429. The number of hydrogen-bond acceptors (Lipinski definition) is 3. The van der Waals surface area contributed by atoms with Gasteiger partial charge in [-0.05, 0) is 61.1 Å². The highest BCUT2D eigenvalue weighted by molar-refractivity contribution is 14.1. The van der Waals surface area contributed by atoms with Crippen molar-refractivity contribution in [3.63, 3.8) is 0 Å². The third kappa shape index (κ3) is 4.99. The summed E-state index contributed by atoms with van der Waals surface area (Å²) >= 11 is 2.07. The highest BCUT2D eigenvalue weighted by Gasteiger charge is 2.23. The Labute approximate surface area is 131 Å². The van der Waals surface area contributed by atoms with E-state index in [1.165, 1.54) is 0 Å². The second-order valence-electron chi connectivity index (χ2n) is 5.08. The molecular formula is C14H18INO4. The van der Waals surface area contributed by atoms with Crippen LogP contribution in [-0.4, -0.2) is 29.6 Å². The number of carboxylic acid groups (broad SMARTS) is 1. The zero-order valence-corrected chi connectivity index (χ0v) is 13.9. The van der Waals surface area contributed by atoms with Gasteiger partial charge in [-0.1, -0.05) is 0 Å². The number of methoxy groups -OCH3 is 1. The van der Waals surface area contributed by atoms with E-state index in [2.05, 4.69) is 27.9 Å². The molecule has 0 unspecified atom stereocenters. The molecule has 0 bridgehead atoms. The second kappa shape index (κ2) is 6.92. The summed E-state index contributed by atoms with van der Waals surface area (Å²) in [6.45, 7) is 3.62. The summed E-state index contributed by atoms with van der Waals surface area (Å²) in [5.41, 5.74) is -0.0202. The Morgan fingerprint density at radius 3 is 2.55 bits per heavy atom. The van der Waals surface area contributed by atoms with Crippen LogP contribution < -0.4 is 10.1 Å². The lowest BCUT2D eigenvalue weighted by Gasteiger charge is -2.26. The minimum absolute atomic E-state index is 0.0208. The third-order valence-corrected chi connectivity index (χ3v) is 3.73. The number of amides is 1. The summed E-state index contributed by atoms with van der Waals surface area (Å²) in [5, 5.41) is 11.6. The van der Waals surface area contributed by atoms with Crippen LogP contribution in [0.3, 0.4) is 0 Å². The van der Waals surface area contributed by atoms with Crippen LogP contribution in [-0.2, 0) is 4.79 Å². The Kier molecular flexibility index (Phi) is 5.79. The van der Waals surface area contributed by atoms with Gasteiger partial charge < -0.3 is 15.2 Å². The quantitative estimate of drug-likeness (QED) is 0.732. The molecule has 0 fully saturated rings. The number of aliphatic carboxylic acids is 1. The van der Waals surface area contributed by atoms with E-state index in [1.54, 1.807) is 25.3 Å². The molecule has 0 saturated heterocycles. The molecule has 5 nitrogen and oxygen atoms in total. The summed E-state index contributed by atoms with van der Waals surface area (Å²) in [6, 6.07) is 5.20. The van der Waals surface area contributed by atoms with Crippen molar-refractivity contribution in [3.8, 4) is 5.75 Å². The molecule has 110 valence electrons. The van der Waals surface area contributed by atoms with E-state index in [0.717, 1.165) is 3.57 Å². The first-order valence-electron chi connectivity index (χ1n) is 6.13. The molecule has 1 aromatic rings. The van der Waals surface area contributed by atoms with Gasteiger partial charge in [0.15, 0.2) is 0 Å². The predicted molar refractivity (Wildman–Crippen MR) is 84.1 cm³/mol. The van der Waals surface area contributed by atoms with E-state index in [9.17, 15) is 9.59 Å². The summed E-state index contributed by atoms with van der Waals surface area (Å²) in [5.74, 6) is -0.394. The highest BCUT2D eigenvalue weighted by atomic mass is 127. The molecule has 0 aromatic heterocycles. The number of ether oxygens (including phenoxy) is 1. The summed E-state index contributed by atoms with van der Waals surface area (Å²) < 4.78 is 5.88. The molecule has 0 aliphatic heterocycles. The fourth-order valence-electron chi connectivity index (χ4n) is 1.66. The third-order valence-electron chi connectivity index (χ3n) is 2.84. The van der Waals surface area contributed by atoms with Crippen molar-refractivity contribution in [1.29, 1.82) is 0 Å². The maximum absolute atomic E-state index is 12.2. The van der Waals surface area contributed by atoms with Gasteiger partial charge in [0.05, 0.1) is 12.7 Å². The molecule has 0 atom stereocenters. The maximum atomic E-state index is 12.2. The van der Waals surface area contributed by atoms with Crippen LogP contribution in [0.15, 0.2) is 18.2 Å². The first-order valence-corrected chi connectivity index (χ1v) is 7.21. The predicted octanol–water partition coefficient (Wildman–Crippen LogP) is 2.67. The summed E-state index contributed by atoms with van der Waals surface area (Å²) in [7, 11) is 1.57. The van der Waals surface area contributed by atoms with E-state index in [0.29, 0.717) is 17.7 Å². The lowest BCUT2D eigenvalue weighted by atomic mass is 9.98. The van der Waals surface area contributed by atoms with Crippen LogP contribution in [0.4, 0.5) is 0 Å². The standard InChI is InChI=1S/C14H18INO4/c1-14(2,7-6-12(17)18)16-13(19)10-5-4-9(20-3)8-11(10)15/h4-5,8H,6-7H2,1-3H3,(H,16,19)(H,17,18). The van der Waals surface area contributed by atoms with E-state index < -0.39 is 11.5 Å². The Morgan fingerprint density at radius 2 is 2.05 bits per heavy atom. The molecule has 20 heavy (non-hydrogen) atoms. The number of benzene rings is 1. The van der Waals surface area contributed by atoms with Gasteiger partial charge in [0.25, 0.3) is 5.91 Å². The normalized spacial score (nSPS) is 11.0. The molecule has 0 radical (unpaired) electrons. The van der Waals surface area contributed by atoms with Crippen LogP contribution in [0.25, 0.3) is 0 Å². The molecule has 0 heterocycles. The van der Waals surface area contributed by atoms with Crippen molar-refractivity contribution in [2.24, 2.45) is 0 Å². The van der Waals surface area contributed by atoms with Gasteiger partial charge in [-0.2, -0.15) is 0 Å². The highest BCUT2D eigenvalue weighted by Crippen LogP contribution is 2.21. The van der Waals surface area contributed by atoms with Gasteiger partial charge >= 0.3 is 5.97 Å². The van der Waals surface area contributed by atoms with Gasteiger partial charge in [-0.15, -0.1) is 0 Å². The number of carbonyl (C=O) groups is 2. The molecular weight excluding hydrogens is 373 g/mol. The number of rotatable bonds is 6. The zero-order chi connectivity index (χ0) is 15.3. The molecule has 1 rings (SSSR count). The van der Waals surface area contributed by atoms with Crippen LogP contribution in [0.5, 0.6) is 5.75 Å². The molecule has 0 spiro atoms. The largest absolute Gasteiger partial charge is 0.497 e. The lowest BCUT2D eigenvalue weighted by Crippen LogP contribution is -2.44. The van der Waals surface area contributed by atoms with E-state index >= 15 is 0 Å². The van der Waals surface area contributed by atoms with Gasteiger partial charge in [0, 0.05) is 15.5 Å². The minimum atomic E-state index is -0.869. The lowest BCUT2D eigenvalue weighted by molar-refractivity contribution is -0.137. The van der Waals surface area contributed by atoms with Gasteiger partial charge in [-0.25, -0.2) is 0 Å². The Hall–Kier alpha value is -1.31. The molecule has 1 aromatic carbocycles. The Balaban J connectivity index is 2.77.